The number of rotatable bonds is 7. The Morgan fingerprint density at radius 1 is 1.04 bits per heavy atom. The van der Waals surface area contributed by atoms with Crippen molar-refractivity contribution in [2.75, 3.05) is 12.0 Å². The van der Waals surface area contributed by atoms with Crippen LogP contribution in [0.2, 0.25) is 0 Å². The van der Waals surface area contributed by atoms with Crippen LogP contribution in [0.1, 0.15) is 16.8 Å². The molecule has 0 unspecified atom stereocenters. The molecule has 0 atom stereocenters. The quantitative estimate of drug-likeness (QED) is 0.452. The molecular weight excluding hydrogens is 368 g/mol. The summed E-state index contributed by atoms with van der Waals surface area (Å²) in [5.41, 5.74) is 4.50. The molecule has 0 aliphatic carbocycles. The summed E-state index contributed by atoms with van der Waals surface area (Å²) in [5, 5.41) is 7.44. The second-order valence-electron chi connectivity index (χ2n) is 6.60. The molecule has 142 valence electrons. The van der Waals surface area contributed by atoms with E-state index in [9.17, 15) is 0 Å². The van der Waals surface area contributed by atoms with Crippen molar-refractivity contribution in [2.24, 2.45) is 0 Å². The van der Waals surface area contributed by atoms with Gasteiger partial charge in [-0.3, -0.25) is 0 Å². The second-order valence-corrected chi connectivity index (χ2v) is 7.44. The molecule has 4 rings (SSSR count). The fourth-order valence-corrected chi connectivity index (χ4v) is 3.91. The second kappa shape index (κ2) is 8.27. The third-order valence-electron chi connectivity index (χ3n) is 4.44. The molecule has 0 aliphatic heterocycles. The largest absolute Gasteiger partial charge is 0.497 e. The molecule has 6 heteroatoms. The van der Waals surface area contributed by atoms with Crippen LogP contribution in [0, 0.1) is 6.92 Å². The molecule has 2 aromatic carbocycles. The van der Waals surface area contributed by atoms with Crippen LogP contribution >= 0.6 is 11.3 Å². The minimum Gasteiger partial charge on any atom is -0.497 e. The highest BCUT2D eigenvalue weighted by molar-refractivity contribution is 7.13. The van der Waals surface area contributed by atoms with E-state index in [2.05, 4.69) is 51.8 Å². The van der Waals surface area contributed by atoms with Gasteiger partial charge in [0.1, 0.15) is 5.75 Å². The highest BCUT2D eigenvalue weighted by atomic mass is 32.1. The van der Waals surface area contributed by atoms with Crippen LogP contribution in [0.25, 0.3) is 5.69 Å². The SMILES string of the molecule is COc1cccc(CN(Cc2cccc(-n3cccn3)c2)c2nc(C)cs2)c1. The summed E-state index contributed by atoms with van der Waals surface area (Å²) in [7, 11) is 1.70. The Balaban J connectivity index is 1.62. The number of hydrogen-bond acceptors (Lipinski definition) is 5. The summed E-state index contributed by atoms with van der Waals surface area (Å²) in [6.07, 6.45) is 3.75. The molecule has 5 nitrogen and oxygen atoms in total. The Bertz CT molecular complexity index is 1040. The van der Waals surface area contributed by atoms with E-state index in [1.165, 1.54) is 11.1 Å². The summed E-state index contributed by atoms with van der Waals surface area (Å²) in [5.74, 6) is 0.869. The lowest BCUT2D eigenvalue weighted by Crippen LogP contribution is -2.22. The fourth-order valence-electron chi connectivity index (χ4n) is 3.11. The Labute approximate surface area is 168 Å². The van der Waals surface area contributed by atoms with E-state index in [0.717, 1.165) is 35.4 Å². The standard InChI is InChI=1S/C22H22N4OS/c1-17-16-28-22(24-17)25(15-19-7-4-9-21(13-19)27-2)14-18-6-3-8-20(12-18)26-11-5-10-23-26/h3-13,16H,14-15H2,1-2H3. The number of hydrogen-bond donors (Lipinski definition) is 0. The Morgan fingerprint density at radius 2 is 1.82 bits per heavy atom. The fraction of sp³-hybridized carbons (Fsp3) is 0.182. The molecule has 0 saturated heterocycles. The number of anilines is 1. The predicted molar refractivity (Wildman–Crippen MR) is 113 cm³/mol. The van der Waals surface area contributed by atoms with Gasteiger partial charge in [-0.15, -0.1) is 11.3 Å². The maximum Gasteiger partial charge on any atom is 0.186 e. The number of nitrogens with zero attached hydrogens (tertiary/aromatic N) is 4. The Morgan fingerprint density at radius 3 is 2.50 bits per heavy atom. The summed E-state index contributed by atoms with van der Waals surface area (Å²) in [4.78, 5) is 7.01. The monoisotopic (exact) mass is 390 g/mol. The summed E-state index contributed by atoms with van der Waals surface area (Å²) in [6, 6.07) is 18.6. The zero-order valence-corrected chi connectivity index (χ0v) is 16.8. The predicted octanol–water partition coefficient (Wildman–Crippen LogP) is 4.85. The number of methoxy groups -OCH3 is 1. The van der Waals surface area contributed by atoms with Crippen LogP contribution in [-0.4, -0.2) is 21.9 Å². The molecule has 28 heavy (non-hydrogen) atoms. The van der Waals surface area contributed by atoms with Crippen molar-refractivity contribution in [3.05, 3.63) is 89.2 Å². The van der Waals surface area contributed by atoms with Crippen molar-refractivity contribution in [2.45, 2.75) is 20.0 Å². The van der Waals surface area contributed by atoms with Gasteiger partial charge in [-0.25, -0.2) is 9.67 Å². The van der Waals surface area contributed by atoms with Gasteiger partial charge in [-0.05, 0) is 48.4 Å². The van der Waals surface area contributed by atoms with E-state index >= 15 is 0 Å². The molecule has 0 spiro atoms. The average Bonchev–Trinajstić information content (AvgIpc) is 3.40. The minimum atomic E-state index is 0.760. The van der Waals surface area contributed by atoms with E-state index in [-0.39, 0.29) is 0 Å². The summed E-state index contributed by atoms with van der Waals surface area (Å²) < 4.78 is 7.26. The molecular formula is C22H22N4OS. The maximum atomic E-state index is 5.38. The van der Waals surface area contributed by atoms with Crippen LogP contribution in [0.3, 0.4) is 0 Å². The first-order valence-corrected chi connectivity index (χ1v) is 9.98. The first kappa shape index (κ1) is 18.3. The first-order chi connectivity index (χ1) is 13.7. The molecule has 0 radical (unpaired) electrons. The van der Waals surface area contributed by atoms with Gasteiger partial charge in [0, 0.05) is 30.9 Å². The highest BCUT2D eigenvalue weighted by Gasteiger charge is 2.13. The molecule has 2 heterocycles. The molecule has 0 bridgehead atoms. The van der Waals surface area contributed by atoms with Gasteiger partial charge in [0.15, 0.2) is 5.13 Å². The van der Waals surface area contributed by atoms with E-state index < -0.39 is 0 Å². The van der Waals surface area contributed by atoms with Crippen molar-refractivity contribution in [1.82, 2.24) is 14.8 Å². The lowest BCUT2D eigenvalue weighted by atomic mass is 10.1. The molecule has 0 N–H and O–H groups in total. The maximum absolute atomic E-state index is 5.38. The van der Waals surface area contributed by atoms with Gasteiger partial charge in [0.25, 0.3) is 0 Å². The van der Waals surface area contributed by atoms with Crippen molar-refractivity contribution in [3.8, 4) is 11.4 Å². The third kappa shape index (κ3) is 4.23. The normalized spacial score (nSPS) is 10.8. The van der Waals surface area contributed by atoms with Gasteiger partial charge < -0.3 is 9.64 Å². The molecule has 0 aliphatic rings. The number of benzene rings is 2. The van der Waals surface area contributed by atoms with Gasteiger partial charge in [0.05, 0.1) is 18.5 Å². The van der Waals surface area contributed by atoms with Crippen molar-refractivity contribution >= 4 is 16.5 Å². The summed E-state index contributed by atoms with van der Waals surface area (Å²) >= 11 is 1.67. The van der Waals surface area contributed by atoms with Gasteiger partial charge >= 0.3 is 0 Å². The topological polar surface area (TPSA) is 43.2 Å². The third-order valence-corrected chi connectivity index (χ3v) is 5.46. The zero-order chi connectivity index (χ0) is 19.3. The lowest BCUT2D eigenvalue weighted by Gasteiger charge is -2.23. The van der Waals surface area contributed by atoms with Crippen molar-refractivity contribution in [1.29, 1.82) is 0 Å². The van der Waals surface area contributed by atoms with Crippen molar-refractivity contribution < 1.29 is 4.74 Å². The smallest absolute Gasteiger partial charge is 0.186 e. The van der Waals surface area contributed by atoms with E-state index in [1.807, 2.05) is 36.0 Å². The number of aryl methyl sites for hydroxylation is 1. The van der Waals surface area contributed by atoms with Gasteiger partial charge in [0.2, 0.25) is 0 Å². The van der Waals surface area contributed by atoms with Crippen LogP contribution in [0.4, 0.5) is 5.13 Å². The molecule has 4 aromatic rings. The average molecular weight is 391 g/mol. The van der Waals surface area contributed by atoms with Crippen molar-refractivity contribution in [3.63, 3.8) is 0 Å². The van der Waals surface area contributed by atoms with E-state index in [0.29, 0.717) is 0 Å². The first-order valence-electron chi connectivity index (χ1n) is 9.10. The number of aromatic nitrogens is 3. The lowest BCUT2D eigenvalue weighted by molar-refractivity contribution is 0.414. The number of thiazole rings is 1. The van der Waals surface area contributed by atoms with Gasteiger partial charge in [-0.2, -0.15) is 5.10 Å². The summed E-state index contributed by atoms with van der Waals surface area (Å²) in [6.45, 7) is 3.55. The highest BCUT2D eigenvalue weighted by Crippen LogP contribution is 2.26. The molecule has 0 fully saturated rings. The van der Waals surface area contributed by atoms with E-state index in [1.54, 1.807) is 24.6 Å². The zero-order valence-electron chi connectivity index (χ0n) is 15.9. The van der Waals surface area contributed by atoms with Crippen LogP contribution < -0.4 is 9.64 Å². The molecule has 2 aromatic heterocycles. The van der Waals surface area contributed by atoms with Crippen LogP contribution in [-0.2, 0) is 13.1 Å². The van der Waals surface area contributed by atoms with Crippen LogP contribution in [0.5, 0.6) is 5.75 Å². The van der Waals surface area contributed by atoms with E-state index in [4.69, 9.17) is 9.72 Å². The molecule has 0 amide bonds. The molecule has 0 saturated carbocycles. The Kier molecular flexibility index (Phi) is 5.39. The minimum absolute atomic E-state index is 0.760. The number of ether oxygens (including phenoxy) is 1. The van der Waals surface area contributed by atoms with Gasteiger partial charge in [-0.1, -0.05) is 24.3 Å². The Hall–Kier alpha value is -3.12. The van der Waals surface area contributed by atoms with Crippen LogP contribution in [0.15, 0.2) is 72.4 Å².